The van der Waals surface area contributed by atoms with Gasteiger partial charge in [-0.2, -0.15) is 0 Å². The van der Waals surface area contributed by atoms with Crippen molar-refractivity contribution in [3.63, 3.8) is 0 Å². The first-order valence-electron chi connectivity index (χ1n) is 10.7. The number of hydrogen-bond acceptors (Lipinski definition) is 5. The number of carbonyl (C=O) groups excluding carboxylic acids is 2. The molecule has 0 aliphatic carbocycles. The molecule has 31 heavy (non-hydrogen) atoms. The van der Waals surface area contributed by atoms with E-state index in [9.17, 15) is 9.59 Å². The van der Waals surface area contributed by atoms with Crippen LogP contribution in [0.2, 0.25) is 0 Å². The van der Waals surface area contributed by atoms with Gasteiger partial charge in [0.25, 0.3) is 0 Å². The zero-order chi connectivity index (χ0) is 21.6. The minimum atomic E-state index is -0.0668. The highest BCUT2D eigenvalue weighted by Crippen LogP contribution is 2.22. The van der Waals surface area contributed by atoms with Crippen LogP contribution in [-0.2, 0) is 22.6 Å². The van der Waals surface area contributed by atoms with Crippen LogP contribution < -0.4 is 5.32 Å². The number of oxazole rings is 1. The van der Waals surface area contributed by atoms with Crippen molar-refractivity contribution >= 4 is 11.8 Å². The standard InChI is InChI=1S/C24H27N3O4/c1-17-4-6-18(7-5-17)21-16-25-22(31-21)8-9-23(28)27-12-10-19(11-13-27)24(29)26-15-20-3-2-14-30-20/h2-7,14,16,19H,8-13,15H2,1H3,(H,26,29). The van der Waals surface area contributed by atoms with Crippen LogP contribution in [0.25, 0.3) is 11.3 Å². The molecule has 2 aromatic heterocycles. The fourth-order valence-electron chi connectivity index (χ4n) is 3.77. The van der Waals surface area contributed by atoms with Crippen molar-refractivity contribution < 1.29 is 18.4 Å². The average Bonchev–Trinajstić information content (AvgIpc) is 3.49. The van der Waals surface area contributed by atoms with Gasteiger partial charge in [0.15, 0.2) is 11.7 Å². The molecule has 1 aliphatic heterocycles. The van der Waals surface area contributed by atoms with Gasteiger partial charge in [0.1, 0.15) is 5.76 Å². The molecule has 1 N–H and O–H groups in total. The first-order chi connectivity index (χ1) is 15.1. The molecule has 3 aromatic rings. The van der Waals surface area contributed by atoms with E-state index < -0.39 is 0 Å². The Morgan fingerprint density at radius 1 is 1.16 bits per heavy atom. The molecule has 3 heterocycles. The predicted octanol–water partition coefficient (Wildman–Crippen LogP) is 3.73. The topological polar surface area (TPSA) is 88.6 Å². The Kier molecular flexibility index (Phi) is 6.50. The zero-order valence-corrected chi connectivity index (χ0v) is 17.7. The van der Waals surface area contributed by atoms with Crippen LogP contribution in [0.4, 0.5) is 0 Å². The minimum absolute atomic E-state index is 0.0203. The van der Waals surface area contributed by atoms with Gasteiger partial charge in [-0.25, -0.2) is 4.98 Å². The van der Waals surface area contributed by atoms with Crippen LogP contribution in [0.5, 0.6) is 0 Å². The van der Waals surface area contributed by atoms with Crippen molar-refractivity contribution in [1.29, 1.82) is 0 Å². The average molecular weight is 421 g/mol. The summed E-state index contributed by atoms with van der Waals surface area (Å²) < 4.78 is 11.0. The molecular formula is C24H27N3O4. The third kappa shape index (κ3) is 5.42. The Hall–Kier alpha value is -3.35. The molecule has 2 amide bonds. The monoisotopic (exact) mass is 421 g/mol. The number of hydrogen-bond donors (Lipinski definition) is 1. The Morgan fingerprint density at radius 2 is 1.94 bits per heavy atom. The van der Waals surface area contributed by atoms with Crippen molar-refractivity contribution in [1.82, 2.24) is 15.2 Å². The second-order valence-electron chi connectivity index (χ2n) is 7.94. The Morgan fingerprint density at radius 3 is 2.65 bits per heavy atom. The van der Waals surface area contributed by atoms with Crippen LogP contribution >= 0.6 is 0 Å². The van der Waals surface area contributed by atoms with Gasteiger partial charge in [-0.05, 0) is 31.9 Å². The number of nitrogens with zero attached hydrogens (tertiary/aromatic N) is 2. The normalized spacial score (nSPS) is 14.5. The van der Waals surface area contributed by atoms with Crippen LogP contribution in [0.1, 0.15) is 36.5 Å². The van der Waals surface area contributed by atoms with E-state index in [0.29, 0.717) is 57.0 Å². The molecule has 7 nitrogen and oxygen atoms in total. The number of carbonyl (C=O) groups is 2. The van der Waals surface area contributed by atoms with E-state index >= 15 is 0 Å². The number of rotatable bonds is 7. The molecule has 162 valence electrons. The number of aromatic nitrogens is 1. The first kappa shape index (κ1) is 20.9. The van der Waals surface area contributed by atoms with E-state index in [4.69, 9.17) is 8.83 Å². The lowest BCUT2D eigenvalue weighted by Gasteiger charge is -2.31. The summed E-state index contributed by atoms with van der Waals surface area (Å²) in [5.74, 6) is 2.04. The van der Waals surface area contributed by atoms with Crippen LogP contribution in [0.15, 0.2) is 57.7 Å². The van der Waals surface area contributed by atoms with E-state index in [-0.39, 0.29) is 17.7 Å². The lowest BCUT2D eigenvalue weighted by molar-refractivity contribution is -0.135. The van der Waals surface area contributed by atoms with Crippen molar-refractivity contribution in [2.45, 2.75) is 39.2 Å². The van der Waals surface area contributed by atoms with E-state index in [2.05, 4.69) is 10.3 Å². The molecule has 1 aromatic carbocycles. The molecule has 7 heteroatoms. The summed E-state index contributed by atoms with van der Waals surface area (Å²) in [5, 5.41) is 2.91. The van der Waals surface area contributed by atoms with Gasteiger partial charge in [-0.15, -0.1) is 0 Å². The smallest absolute Gasteiger partial charge is 0.223 e. The number of nitrogens with one attached hydrogen (secondary N) is 1. The van der Waals surface area contributed by atoms with Gasteiger partial charge >= 0.3 is 0 Å². The maximum absolute atomic E-state index is 12.6. The molecule has 0 radical (unpaired) electrons. The molecule has 1 fully saturated rings. The number of aryl methyl sites for hydroxylation is 2. The second-order valence-corrected chi connectivity index (χ2v) is 7.94. The molecule has 4 rings (SSSR count). The highest BCUT2D eigenvalue weighted by molar-refractivity contribution is 5.80. The van der Waals surface area contributed by atoms with Crippen molar-refractivity contribution in [2.75, 3.05) is 13.1 Å². The zero-order valence-electron chi connectivity index (χ0n) is 17.7. The molecule has 0 unspecified atom stereocenters. The molecule has 1 aliphatic rings. The van der Waals surface area contributed by atoms with Crippen molar-refractivity contribution in [2.24, 2.45) is 5.92 Å². The van der Waals surface area contributed by atoms with Crippen molar-refractivity contribution in [3.8, 4) is 11.3 Å². The Balaban J connectivity index is 1.20. The third-order valence-electron chi connectivity index (χ3n) is 5.68. The van der Waals surface area contributed by atoms with E-state index in [0.717, 1.165) is 11.3 Å². The molecular weight excluding hydrogens is 394 g/mol. The summed E-state index contributed by atoms with van der Waals surface area (Å²) in [5.41, 5.74) is 2.16. The Labute approximate surface area is 181 Å². The highest BCUT2D eigenvalue weighted by atomic mass is 16.4. The van der Waals surface area contributed by atoms with Gasteiger partial charge in [0.05, 0.1) is 19.0 Å². The maximum Gasteiger partial charge on any atom is 0.223 e. The molecule has 1 saturated heterocycles. The van der Waals surface area contributed by atoms with Gasteiger partial charge in [0.2, 0.25) is 11.8 Å². The summed E-state index contributed by atoms with van der Waals surface area (Å²) in [7, 11) is 0. The van der Waals surface area contributed by atoms with E-state index in [1.165, 1.54) is 5.56 Å². The van der Waals surface area contributed by atoms with Gasteiger partial charge < -0.3 is 19.1 Å². The summed E-state index contributed by atoms with van der Waals surface area (Å²) in [6.45, 7) is 3.62. The summed E-state index contributed by atoms with van der Waals surface area (Å²) >= 11 is 0. The second kappa shape index (κ2) is 9.64. The van der Waals surface area contributed by atoms with Gasteiger partial charge in [-0.1, -0.05) is 29.8 Å². The van der Waals surface area contributed by atoms with Crippen molar-refractivity contribution in [3.05, 3.63) is 66.1 Å². The number of amides is 2. The number of piperidine rings is 1. The third-order valence-corrected chi connectivity index (χ3v) is 5.68. The maximum atomic E-state index is 12.6. The molecule has 0 spiro atoms. The number of furan rings is 1. The van der Waals surface area contributed by atoms with Crippen LogP contribution in [-0.4, -0.2) is 34.8 Å². The largest absolute Gasteiger partial charge is 0.467 e. The highest BCUT2D eigenvalue weighted by Gasteiger charge is 2.27. The van der Waals surface area contributed by atoms with E-state index in [1.807, 2.05) is 42.2 Å². The summed E-state index contributed by atoms with van der Waals surface area (Å²) in [4.78, 5) is 31.1. The minimum Gasteiger partial charge on any atom is -0.467 e. The number of likely N-dealkylation sites (tertiary alicyclic amines) is 1. The number of benzene rings is 1. The van der Waals surface area contributed by atoms with Gasteiger partial charge in [0, 0.05) is 37.4 Å². The first-order valence-corrected chi connectivity index (χ1v) is 10.7. The molecule has 0 bridgehead atoms. The van der Waals surface area contributed by atoms with Crippen LogP contribution in [0, 0.1) is 12.8 Å². The predicted molar refractivity (Wildman–Crippen MR) is 115 cm³/mol. The van der Waals surface area contributed by atoms with E-state index in [1.54, 1.807) is 18.5 Å². The quantitative estimate of drug-likeness (QED) is 0.628. The summed E-state index contributed by atoms with van der Waals surface area (Å²) in [6, 6.07) is 11.7. The summed E-state index contributed by atoms with van der Waals surface area (Å²) in [6.07, 6.45) is 5.46. The molecule has 0 saturated carbocycles. The van der Waals surface area contributed by atoms with Gasteiger partial charge in [-0.3, -0.25) is 9.59 Å². The SMILES string of the molecule is Cc1ccc(-c2cnc(CCC(=O)N3CCC(C(=O)NCc4ccco4)CC3)o2)cc1. The fourth-order valence-corrected chi connectivity index (χ4v) is 3.77. The Bertz CT molecular complexity index is 1000. The molecule has 0 atom stereocenters. The lowest BCUT2D eigenvalue weighted by atomic mass is 9.95. The fraction of sp³-hybridized carbons (Fsp3) is 0.375. The lowest BCUT2D eigenvalue weighted by Crippen LogP contribution is -2.43. The van der Waals surface area contributed by atoms with Crippen LogP contribution in [0.3, 0.4) is 0 Å².